The summed E-state index contributed by atoms with van der Waals surface area (Å²) in [5.41, 5.74) is 3.43. The molecule has 4 aliphatic heterocycles. The number of hydrogen-bond donors (Lipinski definition) is 4. The molecule has 0 saturated heterocycles. The molecule has 410 valence electrons. The molecule has 0 unspecified atom stereocenters. The molecule has 0 spiro atoms. The van der Waals surface area contributed by atoms with Gasteiger partial charge in [-0.05, 0) is 88.6 Å². The second-order valence-electron chi connectivity index (χ2n) is 19.2. The Morgan fingerprint density at radius 3 is 1.92 bits per heavy atom. The van der Waals surface area contributed by atoms with Crippen LogP contribution in [0.1, 0.15) is 93.0 Å². The van der Waals surface area contributed by atoms with E-state index in [1.807, 2.05) is 13.8 Å². The summed E-state index contributed by atoms with van der Waals surface area (Å²) >= 11 is 0. The normalized spacial score (nSPS) is 18.1. The highest BCUT2D eigenvalue weighted by atomic mass is 16.6. The number of carbonyl (C=O) groups is 7. The molecular weight excluding hydrogens is 999 g/mol. The first kappa shape index (κ1) is 56.2. The van der Waals surface area contributed by atoms with E-state index in [0.717, 1.165) is 28.6 Å². The molecule has 4 aliphatic rings. The van der Waals surface area contributed by atoms with E-state index < -0.39 is 60.4 Å². The number of ether oxygens (including phenoxy) is 7. The number of nitrogens with zero attached hydrogens (tertiary/aromatic N) is 4. The van der Waals surface area contributed by atoms with Crippen LogP contribution in [0.4, 0.5) is 31.4 Å². The third-order valence-corrected chi connectivity index (χ3v) is 13.3. The van der Waals surface area contributed by atoms with Gasteiger partial charge in [0.25, 0.3) is 11.8 Å². The average molecular weight is 1060 g/mol. The van der Waals surface area contributed by atoms with Crippen molar-refractivity contribution in [2.75, 3.05) is 49.1 Å². The van der Waals surface area contributed by atoms with Crippen molar-refractivity contribution in [2.24, 2.45) is 5.92 Å². The summed E-state index contributed by atoms with van der Waals surface area (Å²) in [4.78, 5) is 98.6. The van der Waals surface area contributed by atoms with Crippen LogP contribution in [-0.4, -0.2) is 121 Å². The lowest BCUT2D eigenvalue weighted by atomic mass is 10.0. The van der Waals surface area contributed by atoms with Gasteiger partial charge in [-0.25, -0.2) is 19.3 Å². The van der Waals surface area contributed by atoms with E-state index in [4.69, 9.17) is 28.4 Å². The lowest BCUT2D eigenvalue weighted by molar-refractivity contribution is -0.128. The van der Waals surface area contributed by atoms with Crippen LogP contribution in [0.2, 0.25) is 0 Å². The maximum absolute atomic E-state index is 14.2. The quantitative estimate of drug-likeness (QED) is 0.0486. The van der Waals surface area contributed by atoms with Crippen molar-refractivity contribution in [1.29, 1.82) is 0 Å². The highest BCUT2D eigenvalue weighted by Gasteiger charge is 2.45. The predicted octanol–water partition coefficient (Wildman–Crippen LogP) is 7.48. The third kappa shape index (κ3) is 12.8. The number of methoxy groups -OCH3 is 2. The van der Waals surface area contributed by atoms with Gasteiger partial charge in [-0.1, -0.05) is 50.3 Å². The Balaban J connectivity index is 0.979. The first-order chi connectivity index (χ1) is 36.9. The van der Waals surface area contributed by atoms with Gasteiger partial charge in [-0.15, -0.1) is 0 Å². The fourth-order valence-electron chi connectivity index (χ4n) is 9.37. The predicted molar refractivity (Wildman–Crippen MR) is 281 cm³/mol. The molecule has 7 amide bonds. The number of fused-ring (bicyclic) bond motifs is 4. The number of aliphatic hydroxyl groups excluding tert-OH is 1. The minimum Gasteiger partial charge on any atom is -0.493 e. The number of benzene rings is 3. The third-order valence-electron chi connectivity index (χ3n) is 13.3. The van der Waals surface area contributed by atoms with Crippen LogP contribution < -0.4 is 44.7 Å². The number of rotatable bonds is 20. The van der Waals surface area contributed by atoms with Gasteiger partial charge >= 0.3 is 18.3 Å². The molecular formula is C55H65N7O15. The molecule has 0 fully saturated rings. The molecule has 4 N–H and O–H groups in total. The Hall–Kier alpha value is -8.53. The summed E-state index contributed by atoms with van der Waals surface area (Å²) in [6.45, 7) is 15.9. The standard InChI is InChI=1S/C55H65N7O15/c1-10-73-53(68)58-47(31(3)4)49(64)56-34(7)48(63)57-36-17-15-35(16-18-36)30-77-55(70)62-41-26-46(44(72-9)24-39(41)51(66)60-28-33(6)22-42(60)52(62)67)76-20-14-12-13-19-75-45-25-40-38(23-43(45)71-8)50(65)59-27-32(5)21-37(59)29-61(40)54(69)74-11-2/h10-11,15-18,23-28,31,34,37,42,47,52,67H,1-2,12-14,19-22,29-30H2,3-9H3,(H,56,64)(H,57,63)(H,58,68)/t34-,37-,42-,47-,52-/m0/s1. The highest BCUT2D eigenvalue weighted by molar-refractivity contribution is 6.07. The SMILES string of the molecule is C=COC(=O)N[C@H](C(=O)N[C@@H](C)C(=O)Nc1ccc(COC(=O)N2c3cc(OCCCCCOc4cc5c(cc4OC)C(=O)N4C=C(C)C[C@H]4CN5C(=O)OC=C)c(OC)cc3C(=O)N3C=C(C)C[C@H]3[C@@H]2O)cc1)C(C)C. The van der Waals surface area contributed by atoms with Crippen molar-refractivity contribution >= 4 is 59.0 Å². The van der Waals surface area contributed by atoms with Gasteiger partial charge in [0.1, 0.15) is 18.7 Å². The van der Waals surface area contributed by atoms with E-state index in [1.165, 1.54) is 43.1 Å². The van der Waals surface area contributed by atoms with Gasteiger partial charge in [-0.2, -0.15) is 0 Å². The summed E-state index contributed by atoms with van der Waals surface area (Å²) in [7, 11) is 2.89. The van der Waals surface area contributed by atoms with Crippen LogP contribution in [0, 0.1) is 5.92 Å². The number of hydrogen-bond acceptors (Lipinski definition) is 15. The Bertz CT molecular complexity index is 2850. The molecule has 22 nitrogen and oxygen atoms in total. The number of aliphatic hydroxyl groups is 1. The maximum Gasteiger partial charge on any atom is 0.419 e. The van der Waals surface area contributed by atoms with Crippen molar-refractivity contribution in [3.63, 3.8) is 0 Å². The van der Waals surface area contributed by atoms with Crippen molar-refractivity contribution in [1.82, 2.24) is 20.4 Å². The highest BCUT2D eigenvalue weighted by Crippen LogP contribution is 2.43. The zero-order chi connectivity index (χ0) is 55.7. The molecule has 5 atom stereocenters. The number of alkyl carbamates (subject to hydrolysis) is 1. The number of unbranched alkanes of at least 4 members (excludes halogenated alkanes) is 2. The lowest BCUT2D eigenvalue weighted by Crippen LogP contribution is -2.53. The van der Waals surface area contributed by atoms with E-state index in [1.54, 1.807) is 67.5 Å². The van der Waals surface area contributed by atoms with Crippen LogP contribution in [0.25, 0.3) is 0 Å². The summed E-state index contributed by atoms with van der Waals surface area (Å²) in [5.74, 6) is -1.12. The van der Waals surface area contributed by atoms with Gasteiger partial charge in [0.2, 0.25) is 11.8 Å². The molecule has 0 radical (unpaired) electrons. The zero-order valence-corrected chi connectivity index (χ0v) is 44.1. The monoisotopic (exact) mass is 1060 g/mol. The Morgan fingerprint density at radius 2 is 1.31 bits per heavy atom. The molecule has 3 aromatic rings. The smallest absolute Gasteiger partial charge is 0.419 e. The fraction of sp³-hybridized carbons (Fsp3) is 0.400. The van der Waals surface area contributed by atoms with E-state index in [-0.39, 0.29) is 72.5 Å². The number of carbonyl (C=O) groups excluding carboxylic acids is 7. The number of anilines is 3. The van der Waals surface area contributed by atoms with Crippen LogP contribution in [0.5, 0.6) is 23.0 Å². The van der Waals surface area contributed by atoms with Gasteiger partial charge in [0, 0.05) is 30.2 Å². The molecule has 3 aromatic carbocycles. The van der Waals surface area contributed by atoms with Crippen LogP contribution in [0.3, 0.4) is 0 Å². The summed E-state index contributed by atoms with van der Waals surface area (Å²) < 4.78 is 39.3. The van der Waals surface area contributed by atoms with Gasteiger partial charge in [0.15, 0.2) is 29.2 Å². The van der Waals surface area contributed by atoms with E-state index in [9.17, 15) is 38.7 Å². The minimum absolute atomic E-state index is 0.0447. The molecule has 7 rings (SSSR count). The Kier molecular flexibility index (Phi) is 18.2. The topological polar surface area (TPSA) is 253 Å². The van der Waals surface area contributed by atoms with Crippen LogP contribution in [-0.2, 0) is 30.4 Å². The molecule has 0 saturated carbocycles. The van der Waals surface area contributed by atoms with Gasteiger partial charge in [0.05, 0.1) is 81.1 Å². The van der Waals surface area contributed by atoms with Crippen molar-refractivity contribution in [3.05, 3.63) is 114 Å². The molecule has 0 bridgehead atoms. The zero-order valence-electron chi connectivity index (χ0n) is 44.1. The first-order valence-corrected chi connectivity index (χ1v) is 25.1. The fourth-order valence-corrected chi connectivity index (χ4v) is 9.37. The minimum atomic E-state index is -1.53. The van der Waals surface area contributed by atoms with Gasteiger partial charge < -0.3 is 64.0 Å². The number of nitrogens with one attached hydrogen (secondary N) is 3. The Labute approximate surface area is 446 Å². The molecule has 0 aliphatic carbocycles. The van der Waals surface area contributed by atoms with Crippen LogP contribution >= 0.6 is 0 Å². The lowest BCUT2D eigenvalue weighted by Gasteiger charge is -2.31. The molecule has 77 heavy (non-hydrogen) atoms. The van der Waals surface area contributed by atoms with Crippen molar-refractivity contribution in [2.45, 2.75) is 104 Å². The molecule has 22 heteroatoms. The average Bonchev–Trinajstić information content (AvgIpc) is 4.01. The van der Waals surface area contributed by atoms with E-state index >= 15 is 0 Å². The Morgan fingerprint density at radius 1 is 0.727 bits per heavy atom. The van der Waals surface area contributed by atoms with E-state index in [2.05, 4.69) is 33.8 Å². The summed E-state index contributed by atoms with van der Waals surface area (Å²) in [6, 6.07) is 9.46. The van der Waals surface area contributed by atoms with Crippen LogP contribution in [0.15, 0.2) is 97.8 Å². The second kappa shape index (κ2) is 24.9. The van der Waals surface area contributed by atoms with Crippen molar-refractivity contribution in [3.8, 4) is 23.0 Å². The first-order valence-electron chi connectivity index (χ1n) is 25.1. The molecule has 0 aromatic heterocycles. The second-order valence-corrected chi connectivity index (χ2v) is 19.2. The van der Waals surface area contributed by atoms with E-state index in [0.29, 0.717) is 60.5 Å². The van der Waals surface area contributed by atoms with Gasteiger partial charge in [-0.3, -0.25) is 24.1 Å². The largest absolute Gasteiger partial charge is 0.493 e. The summed E-state index contributed by atoms with van der Waals surface area (Å²) in [5, 5.41) is 19.6. The summed E-state index contributed by atoms with van der Waals surface area (Å²) in [6.07, 6.45) is 4.04. The molecule has 4 heterocycles. The maximum atomic E-state index is 14.2. The number of amides is 7. The van der Waals surface area contributed by atoms with Crippen molar-refractivity contribution < 1.29 is 71.8 Å².